The molecule has 0 aliphatic rings. The number of nitrogens with one attached hydrogen (secondary N) is 1. The van der Waals surface area contributed by atoms with E-state index in [1.165, 1.54) is 0 Å². The third-order valence-electron chi connectivity index (χ3n) is 3.96. The van der Waals surface area contributed by atoms with Gasteiger partial charge in [0.15, 0.2) is 17.3 Å². The van der Waals surface area contributed by atoms with Crippen LogP contribution in [0.15, 0.2) is 36.4 Å². The van der Waals surface area contributed by atoms with Crippen LogP contribution in [0.5, 0.6) is 17.2 Å². The van der Waals surface area contributed by atoms with Crippen molar-refractivity contribution >= 4 is 22.5 Å². The quantitative estimate of drug-likeness (QED) is 0.631. The molecule has 7 heteroatoms. The van der Waals surface area contributed by atoms with Crippen molar-refractivity contribution in [2.24, 2.45) is 5.92 Å². The lowest BCUT2D eigenvalue weighted by molar-refractivity contribution is 0.171. The van der Waals surface area contributed by atoms with Crippen molar-refractivity contribution in [1.82, 2.24) is 9.97 Å². The first-order chi connectivity index (χ1) is 13.1. The van der Waals surface area contributed by atoms with Crippen molar-refractivity contribution in [2.75, 3.05) is 32.8 Å². The van der Waals surface area contributed by atoms with Gasteiger partial charge in [-0.2, -0.15) is 0 Å². The Morgan fingerprint density at radius 3 is 2.63 bits per heavy atom. The van der Waals surface area contributed by atoms with Crippen molar-refractivity contribution < 1.29 is 19.3 Å². The van der Waals surface area contributed by atoms with Crippen LogP contribution in [0.4, 0.5) is 11.5 Å². The standard InChI is InChI=1S/C20H22N3O4/c1-13(11-24)12-27-20-17(8-14(25-2)9-18(20)26-3)23-19-10-21-15-6-4-5-7-16(15)22-19/h4-9,13,24H,11-12H2,1-3H3,(H,22,23). The minimum absolute atomic E-state index is 0.0170. The fourth-order valence-electron chi connectivity index (χ4n) is 2.46. The summed E-state index contributed by atoms with van der Waals surface area (Å²) < 4.78 is 16.7. The van der Waals surface area contributed by atoms with Gasteiger partial charge in [-0.15, -0.1) is 0 Å². The summed E-state index contributed by atoms with van der Waals surface area (Å²) in [6.45, 7) is 2.26. The number of hydrogen-bond donors (Lipinski definition) is 2. The minimum Gasteiger partial charge on any atom is -0.497 e. The highest BCUT2D eigenvalue weighted by Crippen LogP contribution is 2.41. The molecule has 0 aliphatic heterocycles. The maximum atomic E-state index is 9.26. The van der Waals surface area contributed by atoms with Crippen LogP contribution < -0.4 is 19.5 Å². The van der Waals surface area contributed by atoms with Gasteiger partial charge in [-0.3, -0.25) is 0 Å². The average Bonchev–Trinajstić information content (AvgIpc) is 2.71. The van der Waals surface area contributed by atoms with Gasteiger partial charge in [0.2, 0.25) is 0 Å². The molecule has 0 saturated carbocycles. The van der Waals surface area contributed by atoms with Crippen LogP contribution in [0.25, 0.3) is 11.0 Å². The fraction of sp³-hybridized carbons (Fsp3) is 0.300. The topological polar surface area (TPSA) is 85.7 Å². The van der Waals surface area contributed by atoms with Crippen molar-refractivity contribution in [3.05, 3.63) is 42.6 Å². The number of aliphatic hydroxyl groups excluding tert-OH is 1. The molecule has 2 N–H and O–H groups in total. The van der Waals surface area contributed by atoms with E-state index in [0.29, 0.717) is 35.4 Å². The highest BCUT2D eigenvalue weighted by molar-refractivity contribution is 5.77. The normalized spacial score (nSPS) is 11.9. The second-order valence-electron chi connectivity index (χ2n) is 6.10. The van der Waals surface area contributed by atoms with Crippen molar-refractivity contribution in [2.45, 2.75) is 6.92 Å². The Labute approximate surface area is 157 Å². The van der Waals surface area contributed by atoms with Crippen molar-refractivity contribution in [3.8, 4) is 17.2 Å². The number of hydrogen-bond acceptors (Lipinski definition) is 7. The Hall–Kier alpha value is -3.06. The molecule has 1 aromatic heterocycles. The Kier molecular flexibility index (Phi) is 5.93. The van der Waals surface area contributed by atoms with Crippen LogP contribution in [0.1, 0.15) is 6.92 Å². The summed E-state index contributed by atoms with van der Waals surface area (Å²) in [6, 6.07) is 11.1. The molecule has 1 radical (unpaired) electrons. The zero-order valence-electron chi connectivity index (χ0n) is 15.5. The number of aliphatic hydroxyl groups is 1. The molecule has 0 fully saturated rings. The van der Waals surface area contributed by atoms with Gasteiger partial charge in [-0.05, 0) is 12.1 Å². The van der Waals surface area contributed by atoms with Gasteiger partial charge in [-0.1, -0.05) is 19.1 Å². The number of anilines is 2. The molecule has 1 unspecified atom stereocenters. The molecule has 0 aliphatic carbocycles. The molecule has 2 aromatic carbocycles. The summed E-state index contributed by atoms with van der Waals surface area (Å²) in [7, 11) is 3.14. The van der Waals surface area contributed by atoms with Crippen molar-refractivity contribution in [3.63, 3.8) is 0 Å². The number of fused-ring (bicyclic) bond motifs is 1. The maximum absolute atomic E-state index is 9.26. The third-order valence-corrected chi connectivity index (χ3v) is 3.96. The average molecular weight is 368 g/mol. The van der Waals surface area contributed by atoms with Gasteiger partial charge < -0.3 is 24.6 Å². The maximum Gasteiger partial charge on any atom is 0.184 e. The zero-order valence-corrected chi connectivity index (χ0v) is 15.5. The SMILES string of the molecule is COc1cc(Nc2[c]nc3ccccc3n2)c(OCC(C)CO)c(OC)c1. The van der Waals surface area contributed by atoms with Crippen LogP contribution in [0, 0.1) is 12.1 Å². The molecule has 141 valence electrons. The Balaban J connectivity index is 1.97. The van der Waals surface area contributed by atoms with Gasteiger partial charge in [0.05, 0.1) is 37.5 Å². The van der Waals surface area contributed by atoms with E-state index in [1.807, 2.05) is 31.2 Å². The molecule has 0 bridgehead atoms. The van der Waals surface area contributed by atoms with Crippen LogP contribution >= 0.6 is 0 Å². The van der Waals surface area contributed by atoms with E-state index >= 15 is 0 Å². The third kappa shape index (κ3) is 4.38. The number of ether oxygens (including phenoxy) is 3. The van der Waals surface area contributed by atoms with Gasteiger partial charge in [0.1, 0.15) is 11.9 Å². The molecule has 27 heavy (non-hydrogen) atoms. The van der Waals surface area contributed by atoms with Crippen LogP contribution in [0.2, 0.25) is 0 Å². The van der Waals surface area contributed by atoms with Crippen LogP contribution in [-0.2, 0) is 0 Å². The Morgan fingerprint density at radius 2 is 1.93 bits per heavy atom. The first-order valence-electron chi connectivity index (χ1n) is 8.55. The molecule has 1 heterocycles. The predicted molar refractivity (Wildman–Crippen MR) is 103 cm³/mol. The van der Waals surface area contributed by atoms with Crippen LogP contribution in [0.3, 0.4) is 0 Å². The second kappa shape index (κ2) is 8.55. The number of para-hydroxylation sites is 2. The van der Waals surface area contributed by atoms with E-state index in [2.05, 4.69) is 21.5 Å². The second-order valence-corrected chi connectivity index (χ2v) is 6.10. The first kappa shape index (κ1) is 18.7. The summed E-state index contributed by atoms with van der Waals surface area (Å²) in [5, 5.41) is 12.4. The molecule has 3 rings (SSSR count). The van der Waals surface area contributed by atoms with E-state index in [0.717, 1.165) is 11.0 Å². The Bertz CT molecular complexity index is 917. The largest absolute Gasteiger partial charge is 0.497 e. The van der Waals surface area contributed by atoms with E-state index in [9.17, 15) is 5.11 Å². The number of nitrogens with zero attached hydrogens (tertiary/aromatic N) is 2. The lowest BCUT2D eigenvalue weighted by Gasteiger charge is -2.19. The molecule has 0 saturated heterocycles. The van der Waals surface area contributed by atoms with Gasteiger partial charge in [-0.25, -0.2) is 9.97 Å². The highest BCUT2D eigenvalue weighted by Gasteiger charge is 2.16. The van der Waals surface area contributed by atoms with Crippen LogP contribution in [-0.4, -0.2) is 42.5 Å². The molecule has 0 spiro atoms. The number of aromatic nitrogens is 2. The molecule has 7 nitrogen and oxygen atoms in total. The predicted octanol–water partition coefficient (Wildman–Crippen LogP) is 3.20. The molecule has 0 amide bonds. The van der Waals surface area contributed by atoms with Gasteiger partial charge in [0, 0.05) is 24.7 Å². The summed E-state index contributed by atoms with van der Waals surface area (Å²) in [4.78, 5) is 8.82. The van der Waals surface area contributed by atoms with E-state index in [1.54, 1.807) is 26.4 Å². The molecular formula is C20H22N3O4. The lowest BCUT2D eigenvalue weighted by Crippen LogP contribution is -2.13. The first-order valence-corrected chi connectivity index (χ1v) is 8.55. The van der Waals surface area contributed by atoms with E-state index in [4.69, 9.17) is 14.2 Å². The van der Waals surface area contributed by atoms with E-state index < -0.39 is 0 Å². The Morgan fingerprint density at radius 1 is 1.15 bits per heavy atom. The lowest BCUT2D eigenvalue weighted by atomic mass is 10.2. The highest BCUT2D eigenvalue weighted by atomic mass is 16.5. The minimum atomic E-state index is -0.0170. The number of methoxy groups -OCH3 is 2. The fourth-order valence-corrected chi connectivity index (χ4v) is 2.46. The summed E-state index contributed by atoms with van der Waals surface area (Å²) in [5.74, 6) is 2.05. The smallest absolute Gasteiger partial charge is 0.184 e. The summed E-state index contributed by atoms with van der Waals surface area (Å²) in [5.41, 5.74) is 2.13. The molecule has 3 aromatic rings. The summed E-state index contributed by atoms with van der Waals surface area (Å²) in [6.07, 6.45) is 2.89. The van der Waals surface area contributed by atoms with Gasteiger partial charge >= 0.3 is 0 Å². The summed E-state index contributed by atoms with van der Waals surface area (Å²) >= 11 is 0. The van der Waals surface area contributed by atoms with Gasteiger partial charge in [0.25, 0.3) is 0 Å². The molecule has 1 atom stereocenters. The monoisotopic (exact) mass is 368 g/mol. The van der Waals surface area contributed by atoms with Crippen molar-refractivity contribution in [1.29, 1.82) is 0 Å². The number of rotatable bonds is 8. The zero-order chi connectivity index (χ0) is 19.2. The molecular weight excluding hydrogens is 346 g/mol. The number of benzene rings is 2. The van der Waals surface area contributed by atoms with E-state index in [-0.39, 0.29) is 12.5 Å².